The molecule has 0 saturated carbocycles. The van der Waals surface area contributed by atoms with Gasteiger partial charge in [-0.1, -0.05) is 45.2 Å². The van der Waals surface area contributed by atoms with Crippen molar-refractivity contribution in [3.63, 3.8) is 0 Å². The first-order valence-corrected chi connectivity index (χ1v) is 14.0. The molecule has 2 aliphatic rings. The Kier molecular flexibility index (Phi) is 9.91. The van der Waals surface area contributed by atoms with Gasteiger partial charge in [0.1, 0.15) is 0 Å². The van der Waals surface area contributed by atoms with Crippen molar-refractivity contribution in [3.8, 4) is 0 Å². The number of carbonyl (C=O) groups is 2. The maximum Gasteiger partial charge on any atom is 0.327 e. The number of urea groups is 1. The van der Waals surface area contributed by atoms with Crippen molar-refractivity contribution in [1.82, 2.24) is 20.1 Å². The quantitative estimate of drug-likeness (QED) is 0.407. The van der Waals surface area contributed by atoms with E-state index in [1.54, 1.807) is 36.5 Å². The predicted molar refractivity (Wildman–Crippen MR) is 150 cm³/mol. The number of para-hydroxylation sites is 1. The average Bonchev–Trinajstić information content (AvgIpc) is 3.05. The number of anilines is 3. The van der Waals surface area contributed by atoms with Crippen LogP contribution >= 0.6 is 0 Å². The van der Waals surface area contributed by atoms with E-state index in [2.05, 4.69) is 39.3 Å². The van der Waals surface area contributed by atoms with Gasteiger partial charge in [0.25, 0.3) is 5.91 Å². The Bertz CT molecular complexity index is 1040. The minimum absolute atomic E-state index is 0.242. The van der Waals surface area contributed by atoms with Crippen molar-refractivity contribution >= 4 is 29.1 Å². The number of aromatic nitrogens is 1. The normalized spacial score (nSPS) is 17.6. The average molecular weight is 507 g/mol. The van der Waals surface area contributed by atoms with E-state index >= 15 is 0 Å². The zero-order valence-corrected chi connectivity index (χ0v) is 22.4. The van der Waals surface area contributed by atoms with Crippen LogP contribution in [0.1, 0.15) is 69.2 Å². The lowest BCUT2D eigenvalue weighted by atomic mass is 10.0. The van der Waals surface area contributed by atoms with Crippen LogP contribution in [-0.2, 0) is 0 Å². The van der Waals surface area contributed by atoms with Gasteiger partial charge in [-0.15, -0.1) is 0 Å². The van der Waals surface area contributed by atoms with Crippen molar-refractivity contribution in [3.05, 3.63) is 48.2 Å². The van der Waals surface area contributed by atoms with E-state index in [1.807, 2.05) is 6.07 Å². The summed E-state index contributed by atoms with van der Waals surface area (Å²) in [6.45, 7) is 11.0. The van der Waals surface area contributed by atoms with Crippen LogP contribution in [0.4, 0.5) is 22.0 Å². The molecule has 1 atom stereocenters. The molecule has 3 amide bonds. The van der Waals surface area contributed by atoms with Gasteiger partial charge in [-0.3, -0.25) is 9.69 Å². The number of hydrogen-bond donors (Lipinski definition) is 2. The molecular formula is C29H42N6O2. The highest BCUT2D eigenvalue weighted by atomic mass is 16.2. The van der Waals surface area contributed by atoms with Crippen molar-refractivity contribution in [2.75, 3.05) is 49.5 Å². The van der Waals surface area contributed by atoms with Gasteiger partial charge < -0.3 is 15.5 Å². The first kappa shape index (κ1) is 27.1. The third kappa shape index (κ3) is 6.87. The number of hydrogen-bond acceptors (Lipinski definition) is 5. The lowest BCUT2D eigenvalue weighted by molar-refractivity contribution is 0.102. The van der Waals surface area contributed by atoms with Crippen LogP contribution in [0, 0.1) is 0 Å². The standard InChI is InChI=1S/C29H42N6O2/c1-3-33(4-2)22-23-14-9-12-21-34(23)20-11-6-5-10-18-31-29(37)35-26-17-8-7-15-24(26)28(36)32-25-16-13-19-30-27(25)35/h7-8,13,15-17,19,23H,3-6,9-12,14,18,20-22H2,1-2H3,(H,31,37)(H,32,36)/t23-/m1/s1. The lowest BCUT2D eigenvalue weighted by Crippen LogP contribution is -2.47. The monoisotopic (exact) mass is 506 g/mol. The van der Waals surface area contributed by atoms with Gasteiger partial charge in [-0.05, 0) is 76.1 Å². The maximum absolute atomic E-state index is 13.3. The van der Waals surface area contributed by atoms with Crippen LogP contribution in [0.3, 0.4) is 0 Å². The van der Waals surface area contributed by atoms with E-state index in [0.29, 0.717) is 35.3 Å². The zero-order chi connectivity index (χ0) is 26.0. The Hall–Kier alpha value is -2.97. The predicted octanol–water partition coefficient (Wildman–Crippen LogP) is 5.25. The molecule has 2 aliphatic heterocycles. The summed E-state index contributed by atoms with van der Waals surface area (Å²) in [6, 6.07) is 11.1. The number of amides is 3. The SMILES string of the molecule is CCN(CC)C[C@H]1CCCCN1CCCCCCNC(=O)N1c2ccccc2C(=O)Nc2cccnc21. The topological polar surface area (TPSA) is 80.8 Å². The summed E-state index contributed by atoms with van der Waals surface area (Å²) in [5, 5.41) is 5.92. The Morgan fingerprint density at radius 3 is 2.73 bits per heavy atom. The first-order valence-electron chi connectivity index (χ1n) is 14.0. The minimum atomic E-state index is -0.267. The molecule has 0 radical (unpaired) electrons. The number of likely N-dealkylation sites (N-methyl/N-ethyl adjacent to an activating group) is 1. The second-order valence-electron chi connectivity index (χ2n) is 10.00. The number of nitrogens with one attached hydrogen (secondary N) is 2. The van der Waals surface area contributed by atoms with Gasteiger partial charge in [0.05, 0.1) is 16.9 Å². The number of rotatable bonds is 11. The summed E-state index contributed by atoms with van der Waals surface area (Å²) in [5.41, 5.74) is 1.51. The number of carbonyl (C=O) groups excluding carboxylic acids is 2. The molecule has 200 valence electrons. The van der Waals surface area contributed by atoms with Crippen LogP contribution in [0.5, 0.6) is 0 Å². The summed E-state index contributed by atoms with van der Waals surface area (Å²) in [5.74, 6) is 0.187. The van der Waals surface area contributed by atoms with Gasteiger partial charge in [0.15, 0.2) is 5.82 Å². The molecule has 3 heterocycles. The van der Waals surface area contributed by atoms with E-state index in [1.165, 1.54) is 56.6 Å². The summed E-state index contributed by atoms with van der Waals surface area (Å²) in [7, 11) is 0. The molecule has 0 bridgehead atoms. The zero-order valence-electron chi connectivity index (χ0n) is 22.4. The molecule has 2 aromatic rings. The number of likely N-dealkylation sites (tertiary alicyclic amines) is 1. The van der Waals surface area contributed by atoms with E-state index in [4.69, 9.17) is 0 Å². The number of unbranched alkanes of at least 4 members (excludes halogenated alkanes) is 3. The summed E-state index contributed by atoms with van der Waals surface area (Å²) in [4.78, 5) is 37.2. The molecule has 2 N–H and O–H groups in total. The fraction of sp³-hybridized carbons (Fsp3) is 0.552. The molecular weight excluding hydrogens is 464 g/mol. The van der Waals surface area contributed by atoms with Crippen LogP contribution in [0.25, 0.3) is 0 Å². The van der Waals surface area contributed by atoms with Crippen LogP contribution in [-0.4, -0.2) is 72.0 Å². The van der Waals surface area contributed by atoms with Gasteiger partial charge in [0, 0.05) is 25.3 Å². The maximum atomic E-state index is 13.3. The number of fused-ring (bicyclic) bond motifs is 2. The van der Waals surface area contributed by atoms with E-state index in [9.17, 15) is 9.59 Å². The van der Waals surface area contributed by atoms with Gasteiger partial charge in [-0.2, -0.15) is 0 Å². The van der Waals surface area contributed by atoms with Crippen molar-refractivity contribution in [1.29, 1.82) is 0 Å². The van der Waals surface area contributed by atoms with E-state index < -0.39 is 0 Å². The van der Waals surface area contributed by atoms with Gasteiger partial charge in [0.2, 0.25) is 0 Å². The smallest absolute Gasteiger partial charge is 0.327 e. The molecule has 37 heavy (non-hydrogen) atoms. The largest absolute Gasteiger partial charge is 0.337 e. The molecule has 8 nitrogen and oxygen atoms in total. The fourth-order valence-electron chi connectivity index (χ4n) is 5.45. The number of pyridine rings is 1. The van der Waals surface area contributed by atoms with Gasteiger partial charge >= 0.3 is 6.03 Å². The first-order chi connectivity index (χ1) is 18.1. The van der Waals surface area contributed by atoms with Crippen LogP contribution in [0.15, 0.2) is 42.6 Å². The Balaban J connectivity index is 1.24. The molecule has 0 aliphatic carbocycles. The van der Waals surface area contributed by atoms with Crippen LogP contribution < -0.4 is 15.5 Å². The number of nitrogens with zero attached hydrogens (tertiary/aromatic N) is 4. The lowest BCUT2D eigenvalue weighted by Gasteiger charge is -2.38. The number of piperidine rings is 1. The van der Waals surface area contributed by atoms with Crippen molar-refractivity contribution < 1.29 is 9.59 Å². The van der Waals surface area contributed by atoms with Crippen LogP contribution in [0.2, 0.25) is 0 Å². The molecule has 1 fully saturated rings. The highest BCUT2D eigenvalue weighted by Crippen LogP contribution is 2.36. The molecule has 4 rings (SSSR count). The molecule has 8 heteroatoms. The summed E-state index contributed by atoms with van der Waals surface area (Å²) in [6.07, 6.45) is 10.0. The second kappa shape index (κ2) is 13.5. The summed E-state index contributed by atoms with van der Waals surface area (Å²) < 4.78 is 0. The number of benzene rings is 1. The van der Waals surface area contributed by atoms with Gasteiger partial charge in [-0.25, -0.2) is 14.7 Å². The molecule has 0 unspecified atom stereocenters. The highest BCUT2D eigenvalue weighted by Gasteiger charge is 2.30. The van der Waals surface area contributed by atoms with E-state index in [0.717, 1.165) is 25.9 Å². The third-order valence-corrected chi connectivity index (χ3v) is 7.60. The second-order valence-corrected chi connectivity index (χ2v) is 10.00. The molecule has 0 spiro atoms. The Morgan fingerprint density at radius 1 is 1.08 bits per heavy atom. The Morgan fingerprint density at radius 2 is 1.89 bits per heavy atom. The molecule has 1 aromatic carbocycles. The minimum Gasteiger partial charge on any atom is -0.337 e. The third-order valence-electron chi connectivity index (χ3n) is 7.60. The Labute approximate surface area is 221 Å². The fourth-order valence-corrected chi connectivity index (χ4v) is 5.45. The highest BCUT2D eigenvalue weighted by molar-refractivity contribution is 6.16. The molecule has 1 saturated heterocycles. The summed E-state index contributed by atoms with van der Waals surface area (Å²) >= 11 is 0. The van der Waals surface area contributed by atoms with Crippen molar-refractivity contribution in [2.45, 2.75) is 64.8 Å². The molecule has 1 aromatic heterocycles. The van der Waals surface area contributed by atoms with E-state index in [-0.39, 0.29) is 11.9 Å². The van der Waals surface area contributed by atoms with Crippen molar-refractivity contribution in [2.24, 2.45) is 0 Å².